The first-order valence-electron chi connectivity index (χ1n) is 8.59. The summed E-state index contributed by atoms with van der Waals surface area (Å²) in [6.45, 7) is 1.77. The van der Waals surface area contributed by atoms with Crippen LogP contribution < -0.4 is 15.2 Å². The Bertz CT molecular complexity index is 1080. The van der Waals surface area contributed by atoms with Crippen LogP contribution in [-0.4, -0.2) is 14.3 Å². The fourth-order valence-corrected chi connectivity index (χ4v) is 3.22. The molecule has 3 rings (SSSR count). The van der Waals surface area contributed by atoms with E-state index in [4.69, 9.17) is 9.88 Å². The molecule has 6 nitrogen and oxygen atoms in total. The predicted octanol–water partition coefficient (Wildman–Crippen LogP) is 3.62. The summed E-state index contributed by atoms with van der Waals surface area (Å²) in [6.07, 6.45) is 0. The number of hydrogen-bond donors (Lipinski definition) is 2. The minimum absolute atomic E-state index is 0.00403. The summed E-state index contributed by atoms with van der Waals surface area (Å²) >= 11 is 0. The number of rotatable bonds is 6. The van der Waals surface area contributed by atoms with Crippen LogP contribution in [0.5, 0.6) is 11.5 Å². The minimum atomic E-state index is -3.80. The number of nitrogens with one attached hydrogen (secondary N) is 1. The van der Waals surface area contributed by atoms with Gasteiger partial charge in [0.05, 0.1) is 10.9 Å². The summed E-state index contributed by atoms with van der Waals surface area (Å²) in [5.41, 5.74) is 1.07. The van der Waals surface area contributed by atoms with Gasteiger partial charge >= 0.3 is 0 Å². The van der Waals surface area contributed by atoms with Crippen LogP contribution in [0.25, 0.3) is 0 Å². The SMILES string of the molecule is CC(NC(=O)c1cccc(Oc2ccccc2)c1)c1cccc(S(N)(=O)=O)c1. The summed E-state index contributed by atoms with van der Waals surface area (Å²) in [4.78, 5) is 12.6. The van der Waals surface area contributed by atoms with Crippen molar-refractivity contribution in [2.45, 2.75) is 17.9 Å². The van der Waals surface area contributed by atoms with E-state index in [1.165, 1.54) is 12.1 Å². The van der Waals surface area contributed by atoms with E-state index in [1.807, 2.05) is 30.3 Å². The van der Waals surface area contributed by atoms with E-state index in [1.54, 1.807) is 43.3 Å². The number of carbonyl (C=O) groups excluding carboxylic acids is 1. The molecule has 0 aliphatic heterocycles. The third-order valence-corrected chi connectivity index (χ3v) is 5.02. The molecule has 3 N–H and O–H groups in total. The molecule has 28 heavy (non-hydrogen) atoms. The van der Waals surface area contributed by atoms with Crippen LogP contribution in [0.2, 0.25) is 0 Å². The lowest BCUT2D eigenvalue weighted by atomic mass is 10.1. The van der Waals surface area contributed by atoms with Crippen molar-refractivity contribution in [3.05, 3.63) is 90.0 Å². The predicted molar refractivity (Wildman–Crippen MR) is 107 cm³/mol. The van der Waals surface area contributed by atoms with Gasteiger partial charge in [-0.3, -0.25) is 4.79 Å². The van der Waals surface area contributed by atoms with Crippen LogP contribution in [0.15, 0.2) is 83.8 Å². The first kappa shape index (κ1) is 19.6. The van der Waals surface area contributed by atoms with Crippen molar-refractivity contribution in [1.29, 1.82) is 0 Å². The molecular weight excluding hydrogens is 376 g/mol. The van der Waals surface area contributed by atoms with E-state index < -0.39 is 16.1 Å². The molecule has 1 amide bonds. The molecule has 1 atom stereocenters. The molecule has 0 radical (unpaired) electrons. The van der Waals surface area contributed by atoms with Gasteiger partial charge in [0.15, 0.2) is 0 Å². The number of nitrogens with two attached hydrogens (primary N) is 1. The number of carbonyl (C=O) groups is 1. The molecule has 0 aromatic heterocycles. The van der Waals surface area contributed by atoms with Crippen molar-refractivity contribution < 1.29 is 17.9 Å². The van der Waals surface area contributed by atoms with E-state index in [-0.39, 0.29) is 10.8 Å². The smallest absolute Gasteiger partial charge is 0.251 e. The summed E-state index contributed by atoms with van der Waals surface area (Å²) in [5.74, 6) is 0.919. The van der Waals surface area contributed by atoms with Crippen LogP contribution in [0.1, 0.15) is 28.9 Å². The van der Waals surface area contributed by atoms with Crippen molar-refractivity contribution >= 4 is 15.9 Å². The van der Waals surface area contributed by atoms with E-state index >= 15 is 0 Å². The first-order chi connectivity index (χ1) is 13.3. The molecule has 0 fully saturated rings. The fourth-order valence-electron chi connectivity index (χ4n) is 2.65. The molecule has 0 saturated carbocycles. The maximum absolute atomic E-state index is 12.6. The lowest BCUT2D eigenvalue weighted by molar-refractivity contribution is 0.0939. The molecule has 0 heterocycles. The van der Waals surface area contributed by atoms with Gasteiger partial charge in [0.25, 0.3) is 5.91 Å². The zero-order chi connectivity index (χ0) is 20.1. The highest BCUT2D eigenvalue weighted by Gasteiger charge is 2.15. The summed E-state index contributed by atoms with van der Waals surface area (Å²) < 4.78 is 28.8. The number of benzene rings is 3. The highest BCUT2D eigenvalue weighted by molar-refractivity contribution is 7.89. The van der Waals surface area contributed by atoms with Gasteiger partial charge in [-0.15, -0.1) is 0 Å². The highest BCUT2D eigenvalue weighted by Crippen LogP contribution is 2.22. The molecule has 0 aliphatic carbocycles. The third kappa shape index (κ3) is 4.97. The molecule has 0 bridgehead atoms. The highest BCUT2D eigenvalue weighted by atomic mass is 32.2. The van der Waals surface area contributed by atoms with E-state index in [9.17, 15) is 13.2 Å². The average Bonchev–Trinajstić information content (AvgIpc) is 2.68. The van der Waals surface area contributed by atoms with Gasteiger partial charge in [0, 0.05) is 5.56 Å². The number of sulfonamides is 1. The number of ether oxygens (including phenoxy) is 1. The van der Waals surface area contributed by atoms with Crippen molar-refractivity contribution in [3.63, 3.8) is 0 Å². The number of para-hydroxylation sites is 1. The second-order valence-corrected chi connectivity index (χ2v) is 7.82. The maximum Gasteiger partial charge on any atom is 0.251 e. The molecule has 7 heteroatoms. The van der Waals surface area contributed by atoms with E-state index in [0.717, 1.165) is 0 Å². The fraction of sp³-hybridized carbons (Fsp3) is 0.0952. The Morgan fingerprint density at radius 3 is 2.32 bits per heavy atom. The Morgan fingerprint density at radius 2 is 1.61 bits per heavy atom. The largest absolute Gasteiger partial charge is 0.457 e. The topological polar surface area (TPSA) is 98.5 Å². The van der Waals surface area contributed by atoms with Crippen molar-refractivity contribution in [3.8, 4) is 11.5 Å². The maximum atomic E-state index is 12.6. The molecular formula is C21H20N2O4S. The van der Waals surface area contributed by atoms with Gasteiger partial charge in [-0.2, -0.15) is 0 Å². The van der Waals surface area contributed by atoms with Crippen LogP contribution in [0, 0.1) is 0 Å². The lowest BCUT2D eigenvalue weighted by Gasteiger charge is -2.15. The third-order valence-electron chi connectivity index (χ3n) is 4.11. The van der Waals surface area contributed by atoms with E-state index in [0.29, 0.717) is 22.6 Å². The zero-order valence-electron chi connectivity index (χ0n) is 15.2. The standard InChI is InChI=1S/C21H20N2O4S/c1-15(16-7-6-12-20(14-16)28(22,25)26)23-21(24)17-8-5-11-19(13-17)27-18-9-3-2-4-10-18/h2-15H,1H3,(H,23,24)(H2,22,25,26). The lowest BCUT2D eigenvalue weighted by Crippen LogP contribution is -2.26. The average molecular weight is 396 g/mol. The monoisotopic (exact) mass is 396 g/mol. The Hall–Kier alpha value is -3.16. The summed E-state index contributed by atoms with van der Waals surface area (Å²) in [6, 6.07) is 21.9. The number of hydrogen-bond acceptors (Lipinski definition) is 4. The normalized spacial score (nSPS) is 12.2. The van der Waals surface area contributed by atoms with Crippen molar-refractivity contribution in [2.75, 3.05) is 0 Å². The number of amides is 1. The van der Waals surface area contributed by atoms with Crippen LogP contribution in [0.3, 0.4) is 0 Å². The first-order valence-corrected chi connectivity index (χ1v) is 10.1. The zero-order valence-corrected chi connectivity index (χ0v) is 16.0. The Morgan fingerprint density at radius 1 is 0.929 bits per heavy atom. The molecule has 1 unspecified atom stereocenters. The van der Waals surface area contributed by atoms with Gasteiger partial charge in [-0.05, 0) is 55.0 Å². The van der Waals surface area contributed by atoms with Gasteiger partial charge in [0.1, 0.15) is 11.5 Å². The Balaban J connectivity index is 1.73. The minimum Gasteiger partial charge on any atom is -0.457 e. The van der Waals surface area contributed by atoms with Crippen LogP contribution in [0.4, 0.5) is 0 Å². The van der Waals surface area contributed by atoms with Crippen molar-refractivity contribution in [2.24, 2.45) is 5.14 Å². The molecule has 0 saturated heterocycles. The molecule has 0 aliphatic rings. The Labute approximate surface area is 164 Å². The molecule has 3 aromatic carbocycles. The van der Waals surface area contributed by atoms with Gasteiger partial charge in [-0.25, -0.2) is 13.6 Å². The molecule has 3 aromatic rings. The molecule has 0 spiro atoms. The van der Waals surface area contributed by atoms with Crippen LogP contribution >= 0.6 is 0 Å². The van der Waals surface area contributed by atoms with Crippen molar-refractivity contribution in [1.82, 2.24) is 5.32 Å². The second-order valence-electron chi connectivity index (χ2n) is 6.26. The summed E-state index contributed by atoms with van der Waals surface area (Å²) in [7, 11) is -3.80. The number of primary sulfonamides is 1. The van der Waals surface area contributed by atoms with Gasteiger partial charge in [-0.1, -0.05) is 36.4 Å². The van der Waals surface area contributed by atoms with E-state index in [2.05, 4.69) is 5.32 Å². The van der Waals surface area contributed by atoms with Gasteiger partial charge < -0.3 is 10.1 Å². The summed E-state index contributed by atoms with van der Waals surface area (Å²) in [5, 5.41) is 8.02. The Kier molecular flexibility index (Phi) is 5.77. The molecule has 144 valence electrons. The van der Waals surface area contributed by atoms with Gasteiger partial charge in [0.2, 0.25) is 10.0 Å². The van der Waals surface area contributed by atoms with Crippen LogP contribution in [-0.2, 0) is 10.0 Å². The second kappa shape index (κ2) is 8.24. The quantitative estimate of drug-likeness (QED) is 0.665.